The largest absolute Gasteiger partial charge is 0.512 e. The molecule has 2 nitrogen and oxygen atoms in total. The molecule has 0 heterocycles. The molecule has 0 saturated carbocycles. The summed E-state index contributed by atoms with van der Waals surface area (Å²) in [4.78, 5) is 0. The van der Waals surface area contributed by atoms with E-state index in [1.807, 2.05) is 39.0 Å². The van der Waals surface area contributed by atoms with Crippen molar-refractivity contribution in [3.8, 4) is 0 Å². The van der Waals surface area contributed by atoms with Gasteiger partial charge in [0, 0.05) is 5.92 Å². The van der Waals surface area contributed by atoms with Crippen LogP contribution < -0.4 is 0 Å². The van der Waals surface area contributed by atoms with Crippen molar-refractivity contribution in [3.05, 3.63) is 71.0 Å². The second-order valence-corrected chi connectivity index (χ2v) is 5.94. The fourth-order valence-electron chi connectivity index (χ4n) is 2.82. The van der Waals surface area contributed by atoms with Gasteiger partial charge in [0.25, 0.3) is 0 Å². The Morgan fingerprint density at radius 3 is 2.41 bits per heavy atom. The molecule has 0 fully saturated rings. The molecular weight excluding hydrogens is 272 g/mol. The molecule has 0 aromatic heterocycles. The Morgan fingerprint density at radius 2 is 1.73 bits per heavy atom. The van der Waals surface area contributed by atoms with Crippen LogP contribution in [0, 0.1) is 0 Å². The van der Waals surface area contributed by atoms with Crippen molar-refractivity contribution in [2.45, 2.75) is 33.1 Å². The maximum atomic E-state index is 10.6. The molecule has 0 spiro atoms. The van der Waals surface area contributed by atoms with Gasteiger partial charge in [-0.25, -0.2) is 0 Å². The highest BCUT2D eigenvalue weighted by molar-refractivity contribution is 5.86. The quantitative estimate of drug-likeness (QED) is 0.595. The van der Waals surface area contributed by atoms with Crippen LogP contribution in [0.5, 0.6) is 0 Å². The maximum Gasteiger partial charge on any atom is 0.0987 e. The van der Waals surface area contributed by atoms with E-state index in [4.69, 9.17) is 5.11 Å². The van der Waals surface area contributed by atoms with Crippen LogP contribution >= 0.6 is 0 Å². The highest BCUT2D eigenvalue weighted by Crippen LogP contribution is 2.35. The Balaban J connectivity index is 2.57. The van der Waals surface area contributed by atoms with Crippen molar-refractivity contribution < 1.29 is 10.2 Å². The number of hydrogen-bond donors (Lipinski definition) is 2. The molecule has 2 aromatic carbocycles. The molecular formula is C20H24O2. The molecule has 0 amide bonds. The summed E-state index contributed by atoms with van der Waals surface area (Å²) in [7, 11) is 0. The third kappa shape index (κ3) is 3.58. The van der Waals surface area contributed by atoms with Gasteiger partial charge in [-0.05, 0) is 49.1 Å². The molecule has 22 heavy (non-hydrogen) atoms. The second-order valence-electron chi connectivity index (χ2n) is 5.94. The minimum Gasteiger partial charge on any atom is -0.512 e. The summed E-state index contributed by atoms with van der Waals surface area (Å²) in [5.74, 6) is 0.334. The van der Waals surface area contributed by atoms with Crippen molar-refractivity contribution in [1.82, 2.24) is 0 Å². The summed E-state index contributed by atoms with van der Waals surface area (Å²) in [6.45, 7) is 5.88. The molecule has 0 saturated heterocycles. The van der Waals surface area contributed by atoms with Crippen molar-refractivity contribution in [2.24, 2.45) is 0 Å². The lowest BCUT2D eigenvalue weighted by atomic mass is 9.86. The molecule has 2 rings (SSSR count). The summed E-state index contributed by atoms with van der Waals surface area (Å²) < 4.78 is 0. The van der Waals surface area contributed by atoms with E-state index in [9.17, 15) is 5.11 Å². The number of allylic oxidation sites excluding steroid dienone is 3. The molecule has 2 heteroatoms. The number of aliphatic hydroxyl groups excluding tert-OH is 2. The van der Waals surface area contributed by atoms with Gasteiger partial charge in [0.15, 0.2) is 0 Å². The number of benzene rings is 2. The van der Waals surface area contributed by atoms with E-state index in [0.29, 0.717) is 12.2 Å². The molecule has 0 aliphatic carbocycles. The molecule has 1 atom stereocenters. The van der Waals surface area contributed by atoms with Crippen molar-refractivity contribution in [2.75, 3.05) is 6.61 Å². The van der Waals surface area contributed by atoms with Crippen LogP contribution in [0.25, 0.3) is 10.8 Å². The van der Waals surface area contributed by atoms with E-state index < -0.39 is 0 Å². The van der Waals surface area contributed by atoms with Crippen LogP contribution in [0.2, 0.25) is 0 Å². The molecule has 0 aliphatic rings. The molecule has 0 aliphatic heterocycles. The Morgan fingerprint density at radius 1 is 1.05 bits per heavy atom. The normalized spacial score (nSPS) is 13.2. The SMILES string of the molecule is CC(C)=C(O)C(C/C(C)=C/CO)c1cccc2ccccc12. The lowest BCUT2D eigenvalue weighted by molar-refractivity contribution is 0.339. The zero-order valence-electron chi connectivity index (χ0n) is 13.5. The van der Waals surface area contributed by atoms with Crippen molar-refractivity contribution >= 4 is 10.8 Å². The molecule has 0 bridgehead atoms. The summed E-state index contributed by atoms with van der Waals surface area (Å²) in [6.07, 6.45) is 2.50. The third-order valence-electron chi connectivity index (χ3n) is 4.01. The minimum atomic E-state index is -0.0844. The number of fused-ring (bicyclic) bond motifs is 1. The van der Waals surface area contributed by atoms with E-state index in [2.05, 4.69) is 24.3 Å². The van der Waals surface area contributed by atoms with Gasteiger partial charge in [-0.15, -0.1) is 0 Å². The number of aliphatic hydroxyl groups is 2. The summed E-state index contributed by atoms with van der Waals surface area (Å²) in [5, 5.41) is 22.0. The van der Waals surface area contributed by atoms with E-state index >= 15 is 0 Å². The van der Waals surface area contributed by atoms with Gasteiger partial charge in [-0.3, -0.25) is 0 Å². The van der Waals surface area contributed by atoms with Crippen LogP contribution in [0.1, 0.15) is 38.7 Å². The molecule has 116 valence electrons. The van der Waals surface area contributed by atoms with Gasteiger partial charge in [0.05, 0.1) is 12.4 Å². The lowest BCUT2D eigenvalue weighted by Gasteiger charge is -2.21. The van der Waals surface area contributed by atoms with Crippen LogP contribution in [0.15, 0.2) is 65.4 Å². The Labute approximate surface area is 132 Å². The zero-order valence-corrected chi connectivity index (χ0v) is 13.5. The lowest BCUT2D eigenvalue weighted by Crippen LogP contribution is -2.06. The standard InChI is InChI=1S/C20H24O2/c1-14(2)20(22)19(13-15(3)11-12-21)18-10-6-8-16-7-4-5-9-17(16)18/h4-11,19,21-22H,12-13H2,1-3H3/b15-11+. The fraction of sp³-hybridized carbons (Fsp3) is 0.300. The Bertz CT molecular complexity index is 701. The van der Waals surface area contributed by atoms with Gasteiger partial charge in [-0.2, -0.15) is 0 Å². The van der Waals surface area contributed by atoms with E-state index in [0.717, 1.165) is 16.7 Å². The predicted octanol–water partition coefficient (Wildman–Crippen LogP) is 5.10. The van der Waals surface area contributed by atoms with Crippen LogP contribution in [-0.2, 0) is 0 Å². The van der Waals surface area contributed by atoms with Gasteiger partial charge >= 0.3 is 0 Å². The summed E-state index contributed by atoms with van der Waals surface area (Å²) in [6, 6.07) is 14.4. The number of hydrogen-bond acceptors (Lipinski definition) is 2. The van der Waals surface area contributed by atoms with Gasteiger partial charge in [0.1, 0.15) is 0 Å². The average molecular weight is 296 g/mol. The van der Waals surface area contributed by atoms with Gasteiger partial charge in [-0.1, -0.05) is 54.1 Å². The highest BCUT2D eigenvalue weighted by atomic mass is 16.3. The first-order valence-electron chi connectivity index (χ1n) is 7.65. The average Bonchev–Trinajstić information content (AvgIpc) is 2.51. The monoisotopic (exact) mass is 296 g/mol. The topological polar surface area (TPSA) is 40.5 Å². The van der Waals surface area contributed by atoms with Crippen molar-refractivity contribution in [3.63, 3.8) is 0 Å². The highest BCUT2D eigenvalue weighted by Gasteiger charge is 2.20. The van der Waals surface area contributed by atoms with E-state index in [-0.39, 0.29) is 12.5 Å². The fourth-order valence-corrected chi connectivity index (χ4v) is 2.82. The maximum absolute atomic E-state index is 10.6. The summed E-state index contributed by atoms with van der Waals surface area (Å²) in [5.41, 5.74) is 3.13. The van der Waals surface area contributed by atoms with Crippen LogP contribution in [0.3, 0.4) is 0 Å². The first kappa shape index (κ1) is 16.3. The summed E-state index contributed by atoms with van der Waals surface area (Å²) >= 11 is 0. The van der Waals surface area contributed by atoms with Crippen molar-refractivity contribution in [1.29, 1.82) is 0 Å². The predicted molar refractivity (Wildman–Crippen MR) is 93.2 cm³/mol. The molecule has 0 radical (unpaired) electrons. The molecule has 2 N–H and O–H groups in total. The second kappa shape index (κ2) is 7.28. The van der Waals surface area contributed by atoms with Gasteiger partial charge < -0.3 is 10.2 Å². The molecule has 1 unspecified atom stereocenters. The first-order chi connectivity index (χ1) is 10.5. The first-order valence-corrected chi connectivity index (χ1v) is 7.65. The van der Waals surface area contributed by atoms with E-state index in [1.165, 1.54) is 10.8 Å². The Kier molecular flexibility index (Phi) is 5.40. The molecule has 2 aromatic rings. The van der Waals surface area contributed by atoms with E-state index in [1.54, 1.807) is 6.08 Å². The Hall–Kier alpha value is -2.06. The smallest absolute Gasteiger partial charge is 0.0987 e. The van der Waals surface area contributed by atoms with Crippen LogP contribution in [0.4, 0.5) is 0 Å². The zero-order chi connectivity index (χ0) is 16.1. The van der Waals surface area contributed by atoms with Gasteiger partial charge in [0.2, 0.25) is 0 Å². The number of rotatable bonds is 5. The third-order valence-corrected chi connectivity index (χ3v) is 4.01. The minimum absolute atomic E-state index is 0.0314. The van der Waals surface area contributed by atoms with Crippen LogP contribution in [-0.4, -0.2) is 16.8 Å².